The maximum atomic E-state index is 11.9. The lowest BCUT2D eigenvalue weighted by molar-refractivity contribution is -0.136. The van der Waals surface area contributed by atoms with Gasteiger partial charge in [0, 0.05) is 9.84 Å². The van der Waals surface area contributed by atoms with Gasteiger partial charge in [-0.05, 0) is 38.0 Å². The fraction of sp³-hybridized carbons (Fsp3) is 0.538. The molecule has 1 nitrogen and oxygen atoms in total. The molecule has 0 aliphatic carbocycles. The third-order valence-electron chi connectivity index (χ3n) is 2.41. The van der Waals surface area contributed by atoms with E-state index < -0.39 is 12.6 Å². The Kier molecular flexibility index (Phi) is 5.31. The van der Waals surface area contributed by atoms with Crippen LogP contribution in [0.2, 0.25) is 0 Å². The summed E-state index contributed by atoms with van der Waals surface area (Å²) in [6.45, 7) is 4.27. The molecule has 0 spiro atoms. The van der Waals surface area contributed by atoms with E-state index in [2.05, 4.69) is 36.4 Å². The fourth-order valence-electron chi connectivity index (χ4n) is 1.41. The van der Waals surface area contributed by atoms with E-state index in [-0.39, 0.29) is 16.4 Å². The van der Waals surface area contributed by atoms with E-state index in [0.29, 0.717) is 5.75 Å². The molecule has 102 valence electrons. The second-order valence-electron chi connectivity index (χ2n) is 4.56. The Balaban J connectivity index is 2.41. The summed E-state index contributed by atoms with van der Waals surface area (Å²) >= 11 is 2.33. The molecule has 1 aromatic carbocycles. The van der Waals surface area contributed by atoms with Gasteiger partial charge in [-0.25, -0.2) is 0 Å². The van der Waals surface area contributed by atoms with Crippen LogP contribution in [0.3, 0.4) is 0 Å². The third kappa shape index (κ3) is 5.93. The van der Waals surface area contributed by atoms with Gasteiger partial charge < -0.3 is 4.74 Å². The molecule has 0 N–H and O–H groups in total. The average Bonchev–Trinajstić information content (AvgIpc) is 2.22. The van der Waals surface area contributed by atoms with Crippen LogP contribution < -0.4 is 4.74 Å². The van der Waals surface area contributed by atoms with E-state index in [4.69, 9.17) is 4.74 Å². The molecule has 0 fully saturated rings. The first-order valence-electron chi connectivity index (χ1n) is 5.67. The monoisotopic (exact) mass is 372 g/mol. The number of alkyl halides is 4. The first-order chi connectivity index (χ1) is 8.18. The van der Waals surface area contributed by atoms with Crippen LogP contribution >= 0.6 is 22.6 Å². The molecule has 0 heterocycles. The minimum Gasteiger partial charge on any atom is -0.494 e. The number of ether oxygens (including phenoxy) is 1. The van der Waals surface area contributed by atoms with Gasteiger partial charge in [0.25, 0.3) is 0 Å². The maximum absolute atomic E-state index is 11.9. The lowest BCUT2D eigenvalue weighted by Crippen LogP contribution is -2.10. The Bertz CT molecular complexity index is 365. The van der Waals surface area contributed by atoms with Gasteiger partial charge in [0.1, 0.15) is 5.75 Å². The number of halogens is 4. The zero-order valence-electron chi connectivity index (χ0n) is 10.4. The molecule has 1 aromatic rings. The maximum Gasteiger partial charge on any atom is 0.389 e. The van der Waals surface area contributed by atoms with Gasteiger partial charge in [0.05, 0.1) is 6.61 Å². The van der Waals surface area contributed by atoms with Crippen LogP contribution in [0.4, 0.5) is 13.2 Å². The van der Waals surface area contributed by atoms with Crippen LogP contribution in [0, 0.1) is 0 Å². The first kappa shape index (κ1) is 15.6. The van der Waals surface area contributed by atoms with E-state index in [1.165, 1.54) is 0 Å². The standard InChI is InChI=1S/C13H16F3IO/c1-12(2,17)10-4-6-11(7-5-10)18-9-3-8-13(14,15)16/h4-7H,3,8-9H2,1-2H3. The number of hydrogen-bond donors (Lipinski definition) is 0. The quantitative estimate of drug-likeness (QED) is 0.398. The summed E-state index contributed by atoms with van der Waals surface area (Å²) < 4.78 is 41.0. The average molecular weight is 372 g/mol. The van der Waals surface area contributed by atoms with Crippen molar-refractivity contribution in [3.63, 3.8) is 0 Å². The van der Waals surface area contributed by atoms with Crippen LogP contribution in [-0.2, 0) is 3.42 Å². The predicted octanol–water partition coefficient (Wildman–Crippen LogP) is 5.08. The van der Waals surface area contributed by atoms with Gasteiger partial charge >= 0.3 is 6.18 Å². The number of hydrogen-bond acceptors (Lipinski definition) is 1. The van der Waals surface area contributed by atoms with Crippen molar-refractivity contribution < 1.29 is 17.9 Å². The van der Waals surface area contributed by atoms with Gasteiger partial charge in [-0.2, -0.15) is 13.2 Å². The Labute approximate surface area is 119 Å². The number of rotatable bonds is 5. The molecule has 0 aliphatic heterocycles. The summed E-state index contributed by atoms with van der Waals surface area (Å²) in [7, 11) is 0. The Morgan fingerprint density at radius 2 is 1.67 bits per heavy atom. The minimum absolute atomic E-state index is 0.0109. The Hall–Kier alpha value is -0.460. The van der Waals surface area contributed by atoms with E-state index in [1.54, 1.807) is 12.1 Å². The van der Waals surface area contributed by atoms with Crippen LogP contribution in [0.5, 0.6) is 5.75 Å². The normalized spacial score (nSPS) is 12.6. The van der Waals surface area contributed by atoms with Crippen LogP contribution in [0.1, 0.15) is 32.3 Å². The van der Waals surface area contributed by atoms with E-state index in [0.717, 1.165) is 5.56 Å². The van der Waals surface area contributed by atoms with Crippen molar-refractivity contribution in [2.45, 2.75) is 36.3 Å². The zero-order valence-corrected chi connectivity index (χ0v) is 12.5. The molecule has 5 heteroatoms. The van der Waals surface area contributed by atoms with Crippen molar-refractivity contribution in [2.24, 2.45) is 0 Å². The molecule has 0 atom stereocenters. The molecule has 0 saturated heterocycles. The van der Waals surface area contributed by atoms with Gasteiger partial charge in [-0.3, -0.25) is 0 Å². The van der Waals surface area contributed by atoms with E-state index >= 15 is 0 Å². The van der Waals surface area contributed by atoms with Crippen molar-refractivity contribution in [1.29, 1.82) is 0 Å². The zero-order chi connectivity index (χ0) is 13.8. The summed E-state index contributed by atoms with van der Waals surface area (Å²) in [5.74, 6) is 0.613. The summed E-state index contributed by atoms with van der Waals surface area (Å²) in [5.41, 5.74) is 1.16. The largest absolute Gasteiger partial charge is 0.494 e. The highest BCUT2D eigenvalue weighted by Gasteiger charge is 2.26. The van der Waals surface area contributed by atoms with Crippen molar-refractivity contribution in [1.82, 2.24) is 0 Å². The van der Waals surface area contributed by atoms with Crippen molar-refractivity contribution in [3.05, 3.63) is 29.8 Å². The van der Waals surface area contributed by atoms with E-state index in [1.807, 2.05) is 12.1 Å². The van der Waals surface area contributed by atoms with Crippen LogP contribution in [-0.4, -0.2) is 12.8 Å². The summed E-state index contributed by atoms with van der Waals surface area (Å²) in [4.78, 5) is 0. The van der Waals surface area contributed by atoms with Crippen LogP contribution in [0.25, 0.3) is 0 Å². The molecular formula is C13H16F3IO. The summed E-state index contributed by atoms with van der Waals surface area (Å²) in [6, 6.07) is 7.46. The topological polar surface area (TPSA) is 9.23 Å². The molecule has 0 aliphatic rings. The molecule has 0 saturated carbocycles. The lowest BCUT2D eigenvalue weighted by atomic mass is 10.0. The molecule has 18 heavy (non-hydrogen) atoms. The lowest BCUT2D eigenvalue weighted by Gasteiger charge is -2.17. The molecule has 0 aromatic heterocycles. The molecule has 0 bridgehead atoms. The Morgan fingerprint density at radius 1 is 1.11 bits per heavy atom. The highest BCUT2D eigenvalue weighted by molar-refractivity contribution is 14.1. The number of benzene rings is 1. The van der Waals surface area contributed by atoms with Gasteiger partial charge in [-0.15, -0.1) is 0 Å². The fourth-order valence-corrected chi connectivity index (χ4v) is 1.77. The summed E-state index contributed by atoms with van der Waals surface area (Å²) in [6.07, 6.45) is -4.91. The van der Waals surface area contributed by atoms with Gasteiger partial charge in [-0.1, -0.05) is 34.7 Å². The SMILES string of the molecule is CC(C)(I)c1ccc(OCCCC(F)(F)F)cc1. The molecule has 0 unspecified atom stereocenters. The second-order valence-corrected chi connectivity index (χ2v) is 7.26. The van der Waals surface area contributed by atoms with Crippen molar-refractivity contribution in [2.75, 3.05) is 6.61 Å². The second kappa shape index (κ2) is 6.12. The van der Waals surface area contributed by atoms with E-state index in [9.17, 15) is 13.2 Å². The van der Waals surface area contributed by atoms with Crippen molar-refractivity contribution in [3.8, 4) is 5.75 Å². The van der Waals surface area contributed by atoms with Gasteiger partial charge in [0.15, 0.2) is 0 Å². The van der Waals surface area contributed by atoms with Crippen molar-refractivity contribution >= 4 is 22.6 Å². The highest BCUT2D eigenvalue weighted by Crippen LogP contribution is 2.31. The molecule has 1 rings (SSSR count). The van der Waals surface area contributed by atoms with Crippen LogP contribution in [0.15, 0.2) is 24.3 Å². The smallest absolute Gasteiger partial charge is 0.389 e. The molecular weight excluding hydrogens is 356 g/mol. The first-order valence-corrected chi connectivity index (χ1v) is 6.75. The minimum atomic E-state index is -4.10. The molecule has 0 amide bonds. The summed E-state index contributed by atoms with van der Waals surface area (Å²) in [5, 5.41) is 0. The highest BCUT2D eigenvalue weighted by atomic mass is 127. The predicted molar refractivity (Wildman–Crippen MR) is 74.3 cm³/mol. The molecule has 0 radical (unpaired) electrons. The Morgan fingerprint density at radius 3 is 2.11 bits per heavy atom. The van der Waals surface area contributed by atoms with Gasteiger partial charge in [0.2, 0.25) is 0 Å². The third-order valence-corrected chi connectivity index (χ3v) is 3.04.